The van der Waals surface area contributed by atoms with Crippen molar-refractivity contribution in [3.63, 3.8) is 0 Å². The molecule has 3 atom stereocenters. The van der Waals surface area contributed by atoms with E-state index in [1.165, 1.54) is 12.5 Å². The van der Waals surface area contributed by atoms with E-state index in [0.717, 1.165) is 30.4 Å². The molecule has 2 N–H and O–H groups in total. The summed E-state index contributed by atoms with van der Waals surface area (Å²) in [6.45, 7) is 1.43. The smallest absolute Gasteiger partial charge is 0.302 e. The molecule has 30 heavy (non-hydrogen) atoms. The predicted octanol–water partition coefficient (Wildman–Crippen LogP) is 3.46. The Morgan fingerprint density at radius 3 is 2.73 bits per heavy atom. The van der Waals surface area contributed by atoms with E-state index in [2.05, 4.69) is 27.5 Å². The summed E-state index contributed by atoms with van der Waals surface area (Å²) in [5.41, 5.74) is 3.31. The minimum atomic E-state index is -0.307. The summed E-state index contributed by atoms with van der Waals surface area (Å²) < 4.78 is 7.38. The standard InChI is InChI=1S/C23H26N4O3/c1-15(28)30-22-11-17(16-6-4-3-5-7-16)8-9-20(22)26-21-10-18(12-24-23(21)29)19-13-25-27(2)14-19/h3-7,10,12-14,17,20,22,26H,8-9,11H2,1-2H3,(H,24,29). The number of hydrogen-bond donors (Lipinski definition) is 2. The minimum Gasteiger partial charge on any atom is -0.460 e. The van der Waals surface area contributed by atoms with Crippen LogP contribution in [0.3, 0.4) is 0 Å². The number of hydrogen-bond acceptors (Lipinski definition) is 5. The number of anilines is 1. The van der Waals surface area contributed by atoms with Gasteiger partial charge in [-0.15, -0.1) is 0 Å². The molecule has 0 bridgehead atoms. The van der Waals surface area contributed by atoms with Gasteiger partial charge in [-0.05, 0) is 36.8 Å². The highest BCUT2D eigenvalue weighted by Crippen LogP contribution is 2.35. The van der Waals surface area contributed by atoms with Crippen molar-refractivity contribution in [1.29, 1.82) is 0 Å². The Kier molecular flexibility index (Phi) is 5.70. The van der Waals surface area contributed by atoms with Gasteiger partial charge in [-0.25, -0.2) is 0 Å². The molecule has 3 unspecified atom stereocenters. The second kappa shape index (κ2) is 8.57. The van der Waals surface area contributed by atoms with E-state index in [4.69, 9.17) is 4.74 Å². The Hall–Kier alpha value is -3.35. The second-order valence-corrected chi connectivity index (χ2v) is 7.85. The molecular formula is C23H26N4O3. The van der Waals surface area contributed by atoms with Gasteiger partial charge in [0.15, 0.2) is 0 Å². The van der Waals surface area contributed by atoms with Crippen molar-refractivity contribution in [3.05, 3.63) is 70.9 Å². The summed E-state index contributed by atoms with van der Waals surface area (Å²) in [7, 11) is 1.85. The van der Waals surface area contributed by atoms with Crippen LogP contribution in [0.5, 0.6) is 0 Å². The molecule has 2 aromatic heterocycles. The minimum absolute atomic E-state index is 0.126. The number of benzene rings is 1. The summed E-state index contributed by atoms with van der Waals surface area (Å²) in [5.74, 6) is 0.0205. The average Bonchev–Trinajstić information content (AvgIpc) is 3.17. The average molecular weight is 406 g/mol. The van der Waals surface area contributed by atoms with Gasteiger partial charge in [0, 0.05) is 37.5 Å². The number of rotatable bonds is 5. The van der Waals surface area contributed by atoms with Gasteiger partial charge in [0.2, 0.25) is 0 Å². The van der Waals surface area contributed by atoms with Gasteiger partial charge in [0.1, 0.15) is 11.8 Å². The highest BCUT2D eigenvalue weighted by atomic mass is 16.5. The van der Waals surface area contributed by atoms with Crippen molar-refractivity contribution < 1.29 is 9.53 Å². The number of aryl methyl sites for hydroxylation is 1. The number of H-pyrrole nitrogens is 1. The fraction of sp³-hybridized carbons (Fsp3) is 0.348. The summed E-state index contributed by atoms with van der Waals surface area (Å²) in [6, 6.07) is 12.0. The first kappa shape index (κ1) is 19.9. The van der Waals surface area contributed by atoms with Gasteiger partial charge >= 0.3 is 5.97 Å². The summed E-state index contributed by atoms with van der Waals surface area (Å²) >= 11 is 0. The van der Waals surface area contributed by atoms with Crippen molar-refractivity contribution in [2.75, 3.05) is 5.32 Å². The van der Waals surface area contributed by atoms with Crippen molar-refractivity contribution >= 4 is 11.7 Å². The predicted molar refractivity (Wildman–Crippen MR) is 115 cm³/mol. The molecule has 0 aliphatic heterocycles. The van der Waals surface area contributed by atoms with E-state index in [1.54, 1.807) is 17.1 Å². The Balaban J connectivity index is 1.55. The first-order valence-electron chi connectivity index (χ1n) is 10.2. The Morgan fingerprint density at radius 2 is 2.03 bits per heavy atom. The van der Waals surface area contributed by atoms with E-state index in [1.807, 2.05) is 37.5 Å². The zero-order valence-electron chi connectivity index (χ0n) is 17.2. The molecule has 0 radical (unpaired) electrons. The maximum atomic E-state index is 12.4. The zero-order chi connectivity index (χ0) is 21.1. The van der Waals surface area contributed by atoms with Crippen LogP contribution in [-0.4, -0.2) is 32.9 Å². The molecular weight excluding hydrogens is 380 g/mol. The Bertz CT molecular complexity index is 1070. The molecule has 1 saturated carbocycles. The monoisotopic (exact) mass is 406 g/mol. The number of esters is 1. The quantitative estimate of drug-likeness (QED) is 0.634. The highest BCUT2D eigenvalue weighted by molar-refractivity contribution is 5.67. The van der Waals surface area contributed by atoms with Crippen molar-refractivity contribution in [1.82, 2.24) is 14.8 Å². The molecule has 1 aliphatic carbocycles. The second-order valence-electron chi connectivity index (χ2n) is 7.85. The Labute approximate surface area is 175 Å². The molecule has 1 aliphatic rings. The topological polar surface area (TPSA) is 89.0 Å². The number of carbonyl (C=O) groups excluding carboxylic acids is 1. The fourth-order valence-corrected chi connectivity index (χ4v) is 4.19. The van der Waals surface area contributed by atoms with Crippen LogP contribution in [0.4, 0.5) is 5.69 Å². The zero-order valence-corrected chi connectivity index (χ0v) is 17.2. The SMILES string of the molecule is CC(=O)OC1CC(c2ccccc2)CCC1Nc1cc(-c2cnn(C)c2)c[nH]c1=O. The lowest BCUT2D eigenvalue weighted by Crippen LogP contribution is -2.42. The van der Waals surface area contributed by atoms with Gasteiger partial charge in [0.05, 0.1) is 12.2 Å². The largest absolute Gasteiger partial charge is 0.460 e. The van der Waals surface area contributed by atoms with Gasteiger partial charge in [-0.2, -0.15) is 5.10 Å². The number of nitrogens with zero attached hydrogens (tertiary/aromatic N) is 2. The van der Waals surface area contributed by atoms with Crippen LogP contribution in [0.1, 0.15) is 37.7 Å². The molecule has 156 valence electrons. The van der Waals surface area contributed by atoms with Gasteiger partial charge in [-0.1, -0.05) is 30.3 Å². The molecule has 0 amide bonds. The molecule has 0 spiro atoms. The molecule has 2 heterocycles. The summed E-state index contributed by atoms with van der Waals surface area (Å²) in [5, 5.41) is 7.53. The molecule has 3 aromatic rings. The van der Waals surface area contributed by atoms with Crippen LogP contribution in [0, 0.1) is 0 Å². The summed E-state index contributed by atoms with van der Waals surface area (Å²) in [6.07, 6.45) is 7.51. The third kappa shape index (κ3) is 4.45. The molecule has 1 fully saturated rings. The van der Waals surface area contributed by atoms with Gasteiger partial charge < -0.3 is 15.0 Å². The first-order valence-corrected chi connectivity index (χ1v) is 10.2. The van der Waals surface area contributed by atoms with E-state index in [9.17, 15) is 9.59 Å². The molecule has 1 aromatic carbocycles. The number of aromatic amines is 1. The van der Waals surface area contributed by atoms with Crippen LogP contribution in [0.2, 0.25) is 0 Å². The normalized spacial score (nSPS) is 21.2. The maximum Gasteiger partial charge on any atom is 0.302 e. The highest BCUT2D eigenvalue weighted by Gasteiger charge is 2.33. The Morgan fingerprint density at radius 1 is 1.23 bits per heavy atom. The molecule has 4 rings (SSSR count). The van der Waals surface area contributed by atoms with Crippen LogP contribution < -0.4 is 10.9 Å². The van der Waals surface area contributed by atoms with Crippen LogP contribution in [0.25, 0.3) is 11.1 Å². The number of aromatic nitrogens is 3. The first-order chi connectivity index (χ1) is 14.5. The van der Waals surface area contributed by atoms with E-state index in [0.29, 0.717) is 11.6 Å². The van der Waals surface area contributed by atoms with Crippen molar-refractivity contribution in [2.45, 2.75) is 44.2 Å². The van der Waals surface area contributed by atoms with Gasteiger partial charge in [-0.3, -0.25) is 14.3 Å². The number of pyridine rings is 1. The lowest BCUT2D eigenvalue weighted by molar-refractivity contribution is -0.148. The summed E-state index contributed by atoms with van der Waals surface area (Å²) in [4.78, 5) is 27.0. The third-order valence-corrected chi connectivity index (χ3v) is 5.66. The van der Waals surface area contributed by atoms with E-state index >= 15 is 0 Å². The molecule has 0 saturated heterocycles. The van der Waals surface area contributed by atoms with Crippen LogP contribution >= 0.6 is 0 Å². The van der Waals surface area contributed by atoms with E-state index < -0.39 is 0 Å². The van der Waals surface area contributed by atoms with Crippen molar-refractivity contribution in [2.24, 2.45) is 7.05 Å². The molecule has 7 heteroatoms. The van der Waals surface area contributed by atoms with Crippen LogP contribution in [-0.2, 0) is 16.6 Å². The molecule has 7 nitrogen and oxygen atoms in total. The number of ether oxygens (including phenoxy) is 1. The lowest BCUT2D eigenvalue weighted by Gasteiger charge is -2.36. The third-order valence-electron chi connectivity index (χ3n) is 5.66. The van der Waals surface area contributed by atoms with Crippen LogP contribution in [0.15, 0.2) is 59.8 Å². The fourth-order valence-electron chi connectivity index (χ4n) is 4.19. The van der Waals surface area contributed by atoms with Gasteiger partial charge in [0.25, 0.3) is 5.56 Å². The maximum absolute atomic E-state index is 12.4. The lowest BCUT2D eigenvalue weighted by atomic mass is 9.80. The number of nitrogens with one attached hydrogen (secondary N) is 2. The van der Waals surface area contributed by atoms with E-state index in [-0.39, 0.29) is 23.7 Å². The van der Waals surface area contributed by atoms with Crippen molar-refractivity contribution in [3.8, 4) is 11.1 Å². The number of carbonyl (C=O) groups is 1.